The van der Waals surface area contributed by atoms with Crippen LogP contribution in [-0.2, 0) is 12.8 Å². The van der Waals surface area contributed by atoms with Crippen molar-refractivity contribution in [2.24, 2.45) is 17.8 Å². The fourth-order valence-electron chi connectivity index (χ4n) is 12.6. The summed E-state index contributed by atoms with van der Waals surface area (Å²) < 4.78 is 11.1. The third-order valence-corrected chi connectivity index (χ3v) is 21.9. The Kier molecular flexibility index (Phi) is 34.7. The molecule has 2 saturated carbocycles. The highest BCUT2D eigenvalue weighted by Crippen LogP contribution is 2.41. The van der Waals surface area contributed by atoms with Gasteiger partial charge in [-0.15, -0.1) is 45.3 Å². The molecule has 0 saturated heterocycles. The second-order valence-corrected chi connectivity index (χ2v) is 29.6. The minimum Gasteiger partial charge on any atom is -0.494 e. The van der Waals surface area contributed by atoms with Crippen molar-refractivity contribution in [1.82, 2.24) is 5.32 Å². The number of unbranched alkanes of at least 4 members (excludes halogenated alkanes) is 2. The number of aryl methyl sites for hydroxylation is 1. The summed E-state index contributed by atoms with van der Waals surface area (Å²) in [5.41, 5.74) is 6.14. The van der Waals surface area contributed by atoms with Crippen LogP contribution in [0.3, 0.4) is 0 Å². The molecule has 0 radical (unpaired) electrons. The lowest BCUT2D eigenvalue weighted by Gasteiger charge is -2.35. The van der Waals surface area contributed by atoms with Crippen LogP contribution in [0.25, 0.3) is 68.6 Å². The minimum atomic E-state index is 0. The molecule has 7 aromatic carbocycles. The molecule has 5 heterocycles. The highest BCUT2D eigenvalue weighted by atomic mass is 32.1. The van der Waals surface area contributed by atoms with Gasteiger partial charge in [0.05, 0.1) is 19.6 Å². The first-order valence-corrected chi connectivity index (χ1v) is 39.3. The van der Waals surface area contributed by atoms with E-state index in [-0.39, 0.29) is 7.43 Å². The Labute approximate surface area is 600 Å². The zero-order valence-electron chi connectivity index (χ0n) is 58.5. The third-order valence-electron chi connectivity index (χ3n) is 17.6. The molecule has 0 atom stereocenters. The van der Waals surface area contributed by atoms with Crippen molar-refractivity contribution >= 4 is 89.1 Å². The van der Waals surface area contributed by atoms with Crippen molar-refractivity contribution in [3.8, 4) is 42.1 Å². The standard InChI is InChI=1S/C21H18O.C15H28.C15H16.C12H8NS2.C11H11NS2.C9H12O.C5H12.CH4/c1-2-9-22-21-8-7-17-12-18-10-15-5-3-4-6-16(15)11-19(18)13-20(17)14-21;2*1-2-6-13-9-11-15(12-10-13)14-7-4-3-5-8-14;1-3-9(13-7-1)10-5-6-12(15-10)11-4-2-8-14-11;1-8(12)7-9-4-5-11(14-9)10-3-2-6-13-10;1-2-8-10-9-6-4-3-5-7-9;1-3-5-4-2;/h3-8,10-14H,2,9H2,1H3;13-15H,2-12H2,1H3;3-5,7-12H,2,6H2,1H3;1-6,8,13H;2-6,12H,7H2,1H3;3-7H,2,8H2,1H3;3-5H2,1-2H3;1H4/q;;;+1;;;;/p+1. The molecular weight excluding hydrogens is 1260 g/mol. The molecule has 3 N–H and O–H groups in total. The van der Waals surface area contributed by atoms with Crippen LogP contribution in [0.2, 0.25) is 0 Å². The van der Waals surface area contributed by atoms with Crippen LogP contribution in [0, 0.1) is 24.0 Å². The van der Waals surface area contributed by atoms with Gasteiger partial charge >= 0.3 is 0 Å². The first-order valence-electron chi connectivity index (χ1n) is 35.9. The molecule has 14 rings (SSSR count). The molecule has 8 heteroatoms. The SMILES string of the molecule is C.CC(=[NH2+])Cc1ccc(-c2cccs2)s1.CCCC1CCC(C2CCCCC2)CC1.CCCCC.CCCOc1ccc2cc3cc4ccccc4cc3cc2c1.CCCOc1ccccc1.CCCc1ccc(-c2ccccc2)cc1.[C+]1=CC=C(c2ccc(-c3cccs3)s2)N1. The summed E-state index contributed by atoms with van der Waals surface area (Å²) >= 11 is 7.20. The highest BCUT2D eigenvalue weighted by molar-refractivity contribution is 7.22. The van der Waals surface area contributed by atoms with Gasteiger partial charge in [-0.25, -0.2) is 0 Å². The van der Waals surface area contributed by atoms with E-state index in [1.165, 1.54) is 142 Å². The Morgan fingerprint density at radius 3 is 1.55 bits per heavy atom. The van der Waals surface area contributed by atoms with Gasteiger partial charge in [-0.2, -0.15) is 5.32 Å². The van der Waals surface area contributed by atoms with Crippen molar-refractivity contribution in [2.75, 3.05) is 13.2 Å². The van der Waals surface area contributed by atoms with Gasteiger partial charge in [-0.05, 0) is 195 Å². The van der Waals surface area contributed by atoms with Crippen molar-refractivity contribution < 1.29 is 14.9 Å². The topological polar surface area (TPSA) is 56.1 Å². The number of fused-ring (bicyclic) bond motifs is 3. The summed E-state index contributed by atoms with van der Waals surface area (Å²) in [6, 6.07) is 70.3. The number of hydrogen-bond donors (Lipinski definition) is 2. The van der Waals surface area contributed by atoms with Crippen LogP contribution in [0.5, 0.6) is 11.5 Å². The molecule has 510 valence electrons. The van der Waals surface area contributed by atoms with Gasteiger partial charge in [0.1, 0.15) is 34.7 Å². The number of para-hydroxylation sites is 1. The summed E-state index contributed by atoms with van der Waals surface area (Å²) in [4.78, 5) is 7.96. The molecular formula is C89H110N2O2S4+2. The van der Waals surface area contributed by atoms with Crippen molar-refractivity contribution in [3.63, 3.8) is 0 Å². The molecule has 4 aromatic heterocycles. The Balaban J connectivity index is 0.000000164. The van der Waals surface area contributed by atoms with Crippen LogP contribution in [-0.4, -0.2) is 18.9 Å². The predicted molar refractivity (Wildman–Crippen MR) is 432 cm³/mol. The quantitative estimate of drug-likeness (QED) is 0.0482. The number of nitrogens with two attached hydrogens (primary N) is 1. The van der Waals surface area contributed by atoms with Crippen LogP contribution in [0.4, 0.5) is 0 Å². The summed E-state index contributed by atoms with van der Waals surface area (Å²) in [5, 5.41) is 20.6. The number of thiophene rings is 4. The van der Waals surface area contributed by atoms with E-state index >= 15 is 0 Å². The van der Waals surface area contributed by atoms with E-state index in [0.29, 0.717) is 0 Å². The Hall–Kier alpha value is -7.42. The molecule has 0 unspecified atom stereocenters. The van der Waals surface area contributed by atoms with E-state index in [0.717, 1.165) is 73.1 Å². The summed E-state index contributed by atoms with van der Waals surface area (Å²) in [6.07, 6.45) is 33.2. The normalized spacial score (nSPS) is 14.4. The van der Waals surface area contributed by atoms with Gasteiger partial charge in [0, 0.05) is 31.3 Å². The zero-order chi connectivity index (χ0) is 67.4. The number of benzene rings is 7. The van der Waals surface area contributed by atoms with E-state index in [2.05, 4.69) is 234 Å². The van der Waals surface area contributed by atoms with Crippen LogP contribution in [0.1, 0.15) is 180 Å². The number of allylic oxidation sites excluding steroid dienone is 2. The van der Waals surface area contributed by atoms with Crippen molar-refractivity contribution in [3.05, 3.63) is 245 Å². The zero-order valence-corrected chi connectivity index (χ0v) is 61.7. The molecule has 2 fully saturated rings. The lowest BCUT2D eigenvalue weighted by Crippen LogP contribution is -2.38. The number of ether oxygens (including phenoxy) is 2. The molecule has 1 aliphatic heterocycles. The monoisotopic (exact) mass is 1370 g/mol. The third kappa shape index (κ3) is 26.1. The summed E-state index contributed by atoms with van der Waals surface area (Å²) in [6.45, 7) is 16.7. The molecule has 0 spiro atoms. The van der Waals surface area contributed by atoms with E-state index in [1.54, 1.807) is 61.2 Å². The number of hydrogen-bond acceptors (Lipinski definition) is 7. The maximum atomic E-state index is 5.75. The molecule has 0 bridgehead atoms. The lowest BCUT2D eigenvalue weighted by atomic mass is 9.70. The van der Waals surface area contributed by atoms with E-state index in [9.17, 15) is 0 Å². The fraction of sp³-hybridized carbons (Fsp3) is 0.360. The highest BCUT2D eigenvalue weighted by Gasteiger charge is 2.28. The molecule has 3 aliphatic rings. The summed E-state index contributed by atoms with van der Waals surface area (Å²) in [7, 11) is 0. The van der Waals surface area contributed by atoms with Gasteiger partial charge in [0.15, 0.2) is 5.71 Å². The number of nitrogens with one attached hydrogen (secondary N) is 1. The van der Waals surface area contributed by atoms with Gasteiger partial charge in [-0.1, -0.05) is 248 Å². The van der Waals surface area contributed by atoms with E-state index in [1.807, 2.05) is 72.1 Å². The summed E-state index contributed by atoms with van der Waals surface area (Å²) in [5.74, 6) is 5.26. The average molecular weight is 1370 g/mol. The van der Waals surface area contributed by atoms with Crippen molar-refractivity contribution in [2.45, 2.75) is 178 Å². The van der Waals surface area contributed by atoms with Crippen LogP contribution < -0.4 is 20.2 Å². The first-order chi connectivity index (χ1) is 47.2. The molecule has 0 amide bonds. The molecule has 11 aromatic rings. The van der Waals surface area contributed by atoms with Crippen LogP contribution >= 0.6 is 45.3 Å². The first kappa shape index (κ1) is 76.9. The van der Waals surface area contributed by atoms with Gasteiger partial charge in [0.2, 0.25) is 5.70 Å². The molecule has 4 nitrogen and oxygen atoms in total. The minimum absolute atomic E-state index is 0. The van der Waals surface area contributed by atoms with Crippen LogP contribution in [0.15, 0.2) is 223 Å². The second kappa shape index (κ2) is 43.8. The van der Waals surface area contributed by atoms with Gasteiger partial charge in [-0.3, -0.25) is 5.41 Å². The largest absolute Gasteiger partial charge is 0.494 e. The second-order valence-electron chi connectivity index (χ2n) is 25.5. The number of rotatable bonds is 19. The predicted octanol–water partition coefficient (Wildman–Crippen LogP) is 26.7. The molecule has 2 aliphatic carbocycles. The Morgan fingerprint density at radius 2 is 1.00 bits per heavy atom. The van der Waals surface area contributed by atoms with E-state index < -0.39 is 0 Å². The van der Waals surface area contributed by atoms with Gasteiger partial charge in [0.25, 0.3) is 0 Å². The smallest absolute Gasteiger partial charge is 0.208 e. The molecule has 97 heavy (non-hydrogen) atoms. The Morgan fingerprint density at radius 1 is 0.464 bits per heavy atom. The maximum absolute atomic E-state index is 5.75. The van der Waals surface area contributed by atoms with Gasteiger partial charge < -0.3 is 9.47 Å². The van der Waals surface area contributed by atoms with Crippen molar-refractivity contribution in [1.29, 1.82) is 0 Å². The fourth-order valence-corrected chi connectivity index (χ4v) is 16.3. The van der Waals surface area contributed by atoms with E-state index in [4.69, 9.17) is 14.9 Å². The lowest BCUT2D eigenvalue weighted by molar-refractivity contribution is -0.116. The average Bonchev–Trinajstić information content (AvgIpc) is 1.51. The Bertz CT molecular complexity index is 3960. The maximum Gasteiger partial charge on any atom is 0.208 e.